The number of pyridine rings is 1. The number of hydrogen-bond acceptors (Lipinski definition) is 2. The summed E-state index contributed by atoms with van der Waals surface area (Å²) < 4.78 is 2.95. The molecule has 0 atom stereocenters. The van der Waals surface area contributed by atoms with Crippen molar-refractivity contribution in [3.63, 3.8) is 0 Å². The molecule has 1 aromatic carbocycles. The van der Waals surface area contributed by atoms with E-state index < -0.39 is 0 Å². The Morgan fingerprint density at radius 2 is 1.62 bits per heavy atom. The van der Waals surface area contributed by atoms with Gasteiger partial charge in [-0.05, 0) is 35.9 Å². The summed E-state index contributed by atoms with van der Waals surface area (Å²) in [6.45, 7) is 0. The molecule has 4 rings (SSSR count). The summed E-state index contributed by atoms with van der Waals surface area (Å²) in [7, 11) is 0. The Morgan fingerprint density at radius 3 is 2.43 bits per heavy atom. The van der Waals surface area contributed by atoms with Crippen molar-refractivity contribution >= 4 is 5.65 Å². The Balaban J connectivity index is 2.18. The second-order valence-electron chi connectivity index (χ2n) is 4.90. The average molecular weight is 275 g/mol. The van der Waals surface area contributed by atoms with E-state index in [1.165, 1.54) is 0 Å². The van der Waals surface area contributed by atoms with E-state index in [0.717, 1.165) is 27.2 Å². The van der Waals surface area contributed by atoms with Crippen molar-refractivity contribution in [1.82, 2.24) is 9.13 Å². The molecule has 21 heavy (non-hydrogen) atoms. The summed E-state index contributed by atoms with van der Waals surface area (Å²) >= 11 is 0. The lowest BCUT2D eigenvalue weighted by atomic mass is 10.1. The van der Waals surface area contributed by atoms with Crippen molar-refractivity contribution in [2.45, 2.75) is 0 Å². The van der Waals surface area contributed by atoms with Gasteiger partial charge in [0.1, 0.15) is 0 Å². The first-order chi connectivity index (χ1) is 10.2. The summed E-state index contributed by atoms with van der Waals surface area (Å²) in [5.41, 5.74) is 4.03. The van der Waals surface area contributed by atoms with Crippen LogP contribution in [0.4, 0.5) is 0 Å². The zero-order chi connectivity index (χ0) is 14.4. The quantitative estimate of drug-likeness (QED) is 0.543. The molecule has 1 aliphatic carbocycles. The molecule has 4 nitrogen and oxygen atoms in total. The fourth-order valence-corrected chi connectivity index (χ4v) is 2.65. The van der Waals surface area contributed by atoms with Gasteiger partial charge in [0.05, 0.1) is 17.6 Å². The minimum absolute atomic E-state index is 0.0551. The molecule has 1 radical (unpaired) electrons. The van der Waals surface area contributed by atoms with Gasteiger partial charge in [0.25, 0.3) is 0 Å². The van der Waals surface area contributed by atoms with Gasteiger partial charge in [-0.25, -0.2) is 0 Å². The molecule has 0 saturated carbocycles. The predicted molar refractivity (Wildman–Crippen MR) is 79.7 cm³/mol. The first kappa shape index (κ1) is 11.8. The largest absolute Gasteiger partial charge is 0.427 e. The molecule has 1 aliphatic heterocycles. The normalized spacial score (nSPS) is 11.2. The smallest absolute Gasteiger partial charge is 0.180 e. The third kappa shape index (κ3) is 1.73. The van der Waals surface area contributed by atoms with Crippen molar-refractivity contribution in [2.75, 3.05) is 0 Å². The molecule has 2 aromatic rings. The highest BCUT2D eigenvalue weighted by molar-refractivity contribution is 5.73. The maximum absolute atomic E-state index is 11.7. The topological polar surface area (TPSA) is 46.6 Å². The highest BCUT2D eigenvalue weighted by Crippen LogP contribution is 2.29. The number of aromatic nitrogens is 2. The molecule has 0 saturated heterocycles. The lowest BCUT2D eigenvalue weighted by Crippen LogP contribution is -2.04. The van der Waals surface area contributed by atoms with E-state index in [0.29, 0.717) is 5.65 Å². The van der Waals surface area contributed by atoms with Gasteiger partial charge in [-0.1, -0.05) is 24.3 Å². The number of fused-ring (bicyclic) bond motifs is 3. The Kier molecular flexibility index (Phi) is 2.38. The van der Waals surface area contributed by atoms with E-state index in [9.17, 15) is 10.0 Å². The highest BCUT2D eigenvalue weighted by Gasteiger charge is 2.14. The van der Waals surface area contributed by atoms with Gasteiger partial charge in [-0.2, -0.15) is 4.73 Å². The van der Waals surface area contributed by atoms with Crippen LogP contribution in [0.2, 0.25) is 0 Å². The Bertz CT molecular complexity index is 967. The molecule has 0 spiro atoms. The number of rotatable bonds is 1. The Morgan fingerprint density at radius 1 is 0.905 bits per heavy atom. The molecule has 0 unspecified atom stereocenters. The number of nitrogens with zero attached hydrogens (tertiary/aromatic N) is 2. The monoisotopic (exact) mass is 275 g/mol. The third-order valence-electron chi connectivity index (χ3n) is 3.62. The van der Waals surface area contributed by atoms with Gasteiger partial charge in [0.15, 0.2) is 11.1 Å². The number of benzene rings is 2. The van der Waals surface area contributed by atoms with E-state index in [1.807, 2.05) is 40.8 Å². The first-order valence-electron chi connectivity index (χ1n) is 6.57. The van der Waals surface area contributed by atoms with Gasteiger partial charge >= 0.3 is 0 Å². The maximum Gasteiger partial charge on any atom is 0.180 e. The Labute approximate surface area is 120 Å². The van der Waals surface area contributed by atoms with Crippen LogP contribution >= 0.6 is 0 Å². The SMILES string of the molecule is O=c1ccc2ccc3n(O)cc(-c4cc[c]cc4)n3c-2c1. The lowest BCUT2D eigenvalue weighted by molar-refractivity contribution is 0.199. The number of hydrogen-bond donors (Lipinski definition) is 1. The van der Waals surface area contributed by atoms with E-state index in [1.54, 1.807) is 24.4 Å². The molecule has 0 amide bonds. The van der Waals surface area contributed by atoms with Crippen LogP contribution in [0.3, 0.4) is 0 Å². The zero-order valence-electron chi connectivity index (χ0n) is 11.0. The third-order valence-corrected chi connectivity index (χ3v) is 3.62. The van der Waals surface area contributed by atoms with Crippen molar-refractivity contribution < 1.29 is 5.21 Å². The standard InChI is InChI=1S/C17H11N2O2/c20-14-8-6-13-7-9-17-18(21)11-16(19(17)15(13)10-14)12-4-2-1-3-5-12/h2-11,21H. The van der Waals surface area contributed by atoms with Crippen molar-refractivity contribution in [3.8, 4) is 22.5 Å². The molecular weight excluding hydrogens is 264 g/mol. The molecule has 101 valence electrons. The van der Waals surface area contributed by atoms with Gasteiger partial charge in [0, 0.05) is 11.6 Å². The van der Waals surface area contributed by atoms with Crippen LogP contribution in [0.25, 0.3) is 28.2 Å². The molecule has 2 heterocycles. The fourth-order valence-electron chi connectivity index (χ4n) is 2.65. The summed E-state index contributed by atoms with van der Waals surface area (Å²) in [5.74, 6) is 0. The first-order valence-corrected chi connectivity index (χ1v) is 6.57. The highest BCUT2D eigenvalue weighted by atomic mass is 16.5. The Hall–Kier alpha value is -3.01. The molecule has 0 bridgehead atoms. The summed E-state index contributed by atoms with van der Waals surface area (Å²) in [5, 5.41) is 10.1. The summed E-state index contributed by atoms with van der Waals surface area (Å²) in [6.07, 6.45) is 1.64. The van der Waals surface area contributed by atoms with Crippen LogP contribution < -0.4 is 5.43 Å². The summed E-state index contributed by atoms with van der Waals surface area (Å²) in [4.78, 5) is 11.7. The van der Waals surface area contributed by atoms with Crippen molar-refractivity contribution in [2.24, 2.45) is 0 Å². The molecule has 4 heteroatoms. The lowest BCUT2D eigenvalue weighted by Gasteiger charge is -2.10. The molecule has 1 aromatic heterocycles. The van der Waals surface area contributed by atoms with Crippen LogP contribution in [-0.2, 0) is 0 Å². The van der Waals surface area contributed by atoms with E-state index in [-0.39, 0.29) is 5.43 Å². The van der Waals surface area contributed by atoms with Crippen LogP contribution in [0, 0.1) is 6.07 Å². The minimum atomic E-state index is -0.0551. The van der Waals surface area contributed by atoms with Gasteiger partial charge < -0.3 is 5.21 Å². The molecule has 0 fully saturated rings. The second kappa shape index (κ2) is 4.24. The van der Waals surface area contributed by atoms with E-state index in [2.05, 4.69) is 6.07 Å². The minimum Gasteiger partial charge on any atom is -0.427 e. The van der Waals surface area contributed by atoms with Crippen LogP contribution in [-0.4, -0.2) is 14.3 Å². The van der Waals surface area contributed by atoms with Gasteiger partial charge in [0.2, 0.25) is 0 Å². The molecule has 1 N–H and O–H groups in total. The molecule has 2 aliphatic rings. The fraction of sp³-hybridized carbons (Fsp3) is 0. The average Bonchev–Trinajstić information content (AvgIpc) is 2.86. The van der Waals surface area contributed by atoms with Crippen LogP contribution in [0.5, 0.6) is 0 Å². The summed E-state index contributed by atoms with van der Waals surface area (Å²) in [6, 6.07) is 19.1. The second-order valence-corrected chi connectivity index (χ2v) is 4.90. The van der Waals surface area contributed by atoms with Crippen LogP contribution in [0.15, 0.2) is 65.6 Å². The predicted octanol–water partition coefficient (Wildman–Crippen LogP) is 2.91. The van der Waals surface area contributed by atoms with E-state index in [4.69, 9.17) is 0 Å². The van der Waals surface area contributed by atoms with E-state index >= 15 is 0 Å². The molecular formula is C17H11N2O2. The van der Waals surface area contributed by atoms with Crippen molar-refractivity contribution in [1.29, 1.82) is 0 Å². The van der Waals surface area contributed by atoms with Gasteiger partial charge in [-0.15, -0.1) is 0 Å². The zero-order valence-corrected chi connectivity index (χ0v) is 11.0. The maximum atomic E-state index is 11.7. The van der Waals surface area contributed by atoms with Crippen LogP contribution in [0.1, 0.15) is 0 Å². The van der Waals surface area contributed by atoms with Crippen molar-refractivity contribution in [3.05, 3.63) is 77.1 Å². The van der Waals surface area contributed by atoms with Gasteiger partial charge in [-0.3, -0.25) is 9.20 Å². The number of imidazole rings is 1.